The van der Waals surface area contributed by atoms with Crippen molar-refractivity contribution in [2.24, 2.45) is 0 Å². The zero-order valence-electron chi connectivity index (χ0n) is 20.7. The van der Waals surface area contributed by atoms with Gasteiger partial charge in [-0.3, -0.25) is 14.5 Å². The molecule has 2 fully saturated rings. The van der Waals surface area contributed by atoms with E-state index in [1.165, 1.54) is 23.1 Å². The van der Waals surface area contributed by atoms with Crippen LogP contribution in [-0.4, -0.2) is 97.4 Å². The van der Waals surface area contributed by atoms with Crippen molar-refractivity contribution in [1.29, 1.82) is 0 Å². The molecule has 2 aromatic carbocycles. The molecule has 3 unspecified atom stereocenters. The first kappa shape index (κ1) is 29.9. The molecule has 2 aliphatic heterocycles. The summed E-state index contributed by atoms with van der Waals surface area (Å²) in [5.74, 6) is -1.51. The number of rotatable bonds is 6. The number of alkyl halides is 3. The molecular weight excluding hydrogens is 604 g/mol. The highest BCUT2D eigenvalue weighted by Gasteiger charge is 2.55. The van der Waals surface area contributed by atoms with E-state index >= 15 is 0 Å². The van der Waals surface area contributed by atoms with Crippen LogP contribution in [0.1, 0.15) is 5.56 Å². The highest BCUT2D eigenvalue weighted by molar-refractivity contribution is 7.89. The molecule has 3 atom stereocenters. The number of hydrogen-bond acceptors (Lipinski definition) is 5. The molecule has 2 amide bonds. The van der Waals surface area contributed by atoms with Crippen molar-refractivity contribution in [2.45, 2.75) is 35.7 Å². The molecule has 0 N–H and O–H groups in total. The molecule has 212 valence electrons. The minimum atomic E-state index is -4.75. The summed E-state index contributed by atoms with van der Waals surface area (Å²) in [5.41, 5.74) is 0.528. The Morgan fingerprint density at radius 2 is 1.56 bits per heavy atom. The van der Waals surface area contributed by atoms with Crippen molar-refractivity contribution >= 4 is 56.6 Å². The van der Waals surface area contributed by atoms with Gasteiger partial charge in [0.25, 0.3) is 0 Å². The maximum absolute atomic E-state index is 13.9. The van der Waals surface area contributed by atoms with E-state index in [9.17, 15) is 31.2 Å². The van der Waals surface area contributed by atoms with Gasteiger partial charge in [0.2, 0.25) is 21.8 Å². The summed E-state index contributed by atoms with van der Waals surface area (Å²) >= 11 is 18.1. The molecule has 2 saturated heterocycles. The van der Waals surface area contributed by atoms with Crippen molar-refractivity contribution in [3.8, 4) is 0 Å². The fourth-order valence-electron chi connectivity index (χ4n) is 4.83. The molecule has 0 radical (unpaired) electrons. The Balaban J connectivity index is 1.85. The van der Waals surface area contributed by atoms with Crippen LogP contribution < -0.4 is 0 Å². The highest BCUT2D eigenvalue weighted by atomic mass is 35.5. The van der Waals surface area contributed by atoms with E-state index in [1.807, 2.05) is 0 Å². The molecule has 2 aromatic rings. The molecule has 4 rings (SSSR count). The average molecular weight is 628 g/mol. The summed E-state index contributed by atoms with van der Waals surface area (Å²) in [5, 5.41) is 0.399. The van der Waals surface area contributed by atoms with Gasteiger partial charge in [-0.2, -0.15) is 17.5 Å². The summed E-state index contributed by atoms with van der Waals surface area (Å²) in [6, 6.07) is 7.61. The van der Waals surface area contributed by atoms with E-state index in [4.69, 9.17) is 34.8 Å². The molecule has 0 aliphatic carbocycles. The van der Waals surface area contributed by atoms with E-state index in [0.29, 0.717) is 15.5 Å². The number of halogens is 6. The predicted octanol–water partition coefficient (Wildman–Crippen LogP) is 3.75. The van der Waals surface area contributed by atoms with Crippen molar-refractivity contribution in [1.82, 2.24) is 19.0 Å². The quantitative estimate of drug-likeness (QED) is 0.488. The van der Waals surface area contributed by atoms with Crippen LogP contribution in [-0.2, 0) is 26.0 Å². The van der Waals surface area contributed by atoms with Gasteiger partial charge in [-0.25, -0.2) is 8.42 Å². The molecule has 8 nitrogen and oxygen atoms in total. The zero-order valence-corrected chi connectivity index (χ0v) is 23.8. The van der Waals surface area contributed by atoms with E-state index in [-0.39, 0.29) is 27.9 Å². The normalized spacial score (nSPS) is 22.9. The van der Waals surface area contributed by atoms with Crippen molar-refractivity contribution in [3.05, 3.63) is 63.1 Å². The molecule has 0 bridgehead atoms. The van der Waals surface area contributed by atoms with E-state index in [0.717, 1.165) is 9.21 Å². The first-order valence-corrected chi connectivity index (χ1v) is 14.2. The molecule has 15 heteroatoms. The number of carbonyl (C=O) groups is 2. The van der Waals surface area contributed by atoms with Gasteiger partial charge in [0.15, 0.2) is 0 Å². The lowest BCUT2D eigenvalue weighted by atomic mass is 9.97. The van der Waals surface area contributed by atoms with Crippen LogP contribution in [0.25, 0.3) is 0 Å². The zero-order chi connectivity index (χ0) is 28.9. The molecule has 0 aromatic heterocycles. The third-order valence-corrected chi connectivity index (χ3v) is 9.51. The van der Waals surface area contributed by atoms with Gasteiger partial charge in [-0.1, -0.05) is 46.9 Å². The predicted molar refractivity (Wildman–Crippen MR) is 140 cm³/mol. The van der Waals surface area contributed by atoms with Gasteiger partial charge in [0, 0.05) is 23.0 Å². The Kier molecular flexibility index (Phi) is 8.47. The molecule has 39 heavy (non-hydrogen) atoms. The highest BCUT2D eigenvalue weighted by Crippen LogP contribution is 2.36. The molecule has 0 spiro atoms. The second-order valence-electron chi connectivity index (χ2n) is 9.54. The lowest BCUT2D eigenvalue weighted by Crippen LogP contribution is -2.76. The number of piperazine rings is 1. The third kappa shape index (κ3) is 6.15. The summed E-state index contributed by atoms with van der Waals surface area (Å²) in [6.07, 6.45) is -6.32. The van der Waals surface area contributed by atoms with Crippen LogP contribution >= 0.6 is 34.8 Å². The standard InChI is InChI=1S/C24H24Cl3F3N4O4S/c1-31(2)19-11-33(39(37,38)20-8-7-16(26)10-17(20)27)21-12-32(13-24(28,29)30)22(35)18(34(21)23(19)36)9-14-3-5-15(25)6-4-14/h3-8,10,18-19,21H,9,11-13H2,1-2H3. The number of fused-ring (bicyclic) bond motifs is 1. The summed E-state index contributed by atoms with van der Waals surface area (Å²) in [4.78, 5) is 30.0. The van der Waals surface area contributed by atoms with Crippen LogP contribution in [0.3, 0.4) is 0 Å². The Hall–Kier alpha value is -2.09. The monoisotopic (exact) mass is 626 g/mol. The molecule has 2 heterocycles. The van der Waals surface area contributed by atoms with Gasteiger partial charge in [-0.15, -0.1) is 0 Å². The van der Waals surface area contributed by atoms with Crippen molar-refractivity contribution < 1.29 is 31.2 Å². The van der Waals surface area contributed by atoms with E-state index < -0.39 is 59.4 Å². The molecular formula is C24H24Cl3F3N4O4S. The Morgan fingerprint density at radius 3 is 2.13 bits per heavy atom. The second-order valence-corrected chi connectivity index (χ2v) is 12.7. The lowest BCUT2D eigenvalue weighted by Gasteiger charge is -2.54. The average Bonchev–Trinajstić information content (AvgIpc) is 2.81. The van der Waals surface area contributed by atoms with Gasteiger partial charge in [0.1, 0.15) is 29.7 Å². The van der Waals surface area contributed by atoms with Crippen molar-refractivity contribution in [3.63, 3.8) is 0 Å². The lowest BCUT2D eigenvalue weighted by molar-refractivity contribution is -0.185. The fourth-order valence-corrected chi connectivity index (χ4v) is 7.28. The Labute approximate surface area is 238 Å². The minimum Gasteiger partial charge on any atom is -0.328 e. The Morgan fingerprint density at radius 1 is 0.949 bits per heavy atom. The number of carbonyl (C=O) groups excluding carboxylic acids is 2. The number of amides is 2. The van der Waals surface area contributed by atoms with E-state index in [1.54, 1.807) is 38.4 Å². The van der Waals surface area contributed by atoms with Crippen LogP contribution in [0.15, 0.2) is 47.4 Å². The van der Waals surface area contributed by atoms with Crippen molar-refractivity contribution in [2.75, 3.05) is 33.7 Å². The number of nitrogens with zero attached hydrogens (tertiary/aromatic N) is 4. The smallest absolute Gasteiger partial charge is 0.328 e. The first-order chi connectivity index (χ1) is 18.1. The van der Waals surface area contributed by atoms with Gasteiger partial charge in [-0.05, 0) is 50.0 Å². The van der Waals surface area contributed by atoms with Gasteiger partial charge >= 0.3 is 6.18 Å². The van der Waals surface area contributed by atoms with Gasteiger partial charge < -0.3 is 9.80 Å². The number of sulfonamides is 1. The molecule has 0 saturated carbocycles. The van der Waals surface area contributed by atoms with Crippen LogP contribution in [0.4, 0.5) is 13.2 Å². The van der Waals surface area contributed by atoms with Crippen LogP contribution in [0.5, 0.6) is 0 Å². The van der Waals surface area contributed by atoms with Crippen LogP contribution in [0.2, 0.25) is 15.1 Å². The SMILES string of the molecule is CN(C)C1CN(S(=O)(=O)c2ccc(Cl)cc2Cl)C2CN(CC(F)(F)F)C(=O)C(Cc3ccc(Cl)cc3)N2C1=O. The third-order valence-electron chi connectivity index (χ3n) is 6.68. The second kappa shape index (κ2) is 11.1. The summed E-state index contributed by atoms with van der Waals surface area (Å²) in [6.45, 7) is -2.64. The Bertz CT molecular complexity index is 1380. The van der Waals surface area contributed by atoms with Gasteiger partial charge in [0.05, 0.1) is 11.6 Å². The summed E-state index contributed by atoms with van der Waals surface area (Å²) in [7, 11) is -1.33. The topological polar surface area (TPSA) is 81.2 Å². The number of likely N-dealkylation sites (N-methyl/N-ethyl adjacent to an activating group) is 1. The minimum absolute atomic E-state index is 0.150. The maximum Gasteiger partial charge on any atom is 0.406 e. The number of benzene rings is 2. The first-order valence-electron chi connectivity index (χ1n) is 11.7. The summed E-state index contributed by atoms with van der Waals surface area (Å²) < 4.78 is 69.3. The maximum atomic E-state index is 13.9. The number of hydrogen-bond donors (Lipinski definition) is 0. The largest absolute Gasteiger partial charge is 0.406 e. The molecule has 2 aliphatic rings. The fraction of sp³-hybridized carbons (Fsp3) is 0.417. The van der Waals surface area contributed by atoms with Crippen LogP contribution in [0, 0.1) is 0 Å². The van der Waals surface area contributed by atoms with E-state index in [2.05, 4.69) is 0 Å².